The molecule has 2 nitrogen and oxygen atoms in total. The van der Waals surface area contributed by atoms with E-state index in [-0.39, 0.29) is 23.3 Å². The molecule has 1 aromatic carbocycles. The van der Waals surface area contributed by atoms with Gasteiger partial charge in [-0.15, -0.1) is 0 Å². The Balaban J connectivity index is 2.13. The highest BCUT2D eigenvalue weighted by Gasteiger charge is 2.38. The zero-order valence-corrected chi connectivity index (χ0v) is 12.8. The quantitative estimate of drug-likeness (QED) is 0.905. The summed E-state index contributed by atoms with van der Waals surface area (Å²) < 4.78 is 13.9. The smallest absolute Gasteiger partial charge is 0.146 e. The van der Waals surface area contributed by atoms with E-state index in [0.29, 0.717) is 5.69 Å². The molecule has 0 aromatic heterocycles. The first-order chi connectivity index (χ1) is 9.45. The maximum absolute atomic E-state index is 13.9. The Labute approximate surface area is 121 Å². The van der Waals surface area contributed by atoms with Crippen LogP contribution in [-0.4, -0.2) is 24.3 Å². The van der Waals surface area contributed by atoms with E-state index < -0.39 is 0 Å². The van der Waals surface area contributed by atoms with Crippen LogP contribution >= 0.6 is 0 Å². The topological polar surface area (TPSA) is 23.5 Å². The van der Waals surface area contributed by atoms with Gasteiger partial charge in [-0.05, 0) is 37.3 Å². The summed E-state index contributed by atoms with van der Waals surface area (Å²) in [4.78, 5) is 2.05. The summed E-state index contributed by atoms with van der Waals surface area (Å²) in [6.07, 6.45) is 2.92. The number of para-hydroxylation sites is 1. The summed E-state index contributed by atoms with van der Waals surface area (Å²) in [5.41, 5.74) is 0.614. The fourth-order valence-electron chi connectivity index (χ4n) is 3.34. The first-order valence-electron chi connectivity index (χ1n) is 7.63. The molecule has 1 N–H and O–H groups in total. The highest BCUT2D eigenvalue weighted by Crippen LogP contribution is 2.39. The molecule has 112 valence electrons. The number of rotatable bonds is 4. The lowest BCUT2D eigenvalue weighted by atomic mass is 9.69. The highest BCUT2D eigenvalue weighted by molar-refractivity contribution is 5.47. The van der Waals surface area contributed by atoms with E-state index in [1.165, 1.54) is 6.07 Å². The zero-order valence-electron chi connectivity index (χ0n) is 12.8. The zero-order chi connectivity index (χ0) is 14.8. The molecule has 0 saturated heterocycles. The monoisotopic (exact) mass is 279 g/mol. The molecule has 0 radical (unpaired) electrons. The summed E-state index contributed by atoms with van der Waals surface area (Å²) in [5, 5.41) is 10.5. The molecule has 0 bridgehead atoms. The molecule has 0 heterocycles. The number of halogens is 1. The van der Waals surface area contributed by atoms with Crippen molar-refractivity contribution in [1.82, 2.24) is 0 Å². The van der Waals surface area contributed by atoms with Crippen LogP contribution in [0.1, 0.15) is 40.0 Å². The average Bonchev–Trinajstić information content (AvgIpc) is 2.41. The molecule has 1 saturated carbocycles. The van der Waals surface area contributed by atoms with Crippen molar-refractivity contribution in [3.63, 3.8) is 0 Å². The summed E-state index contributed by atoms with van der Waals surface area (Å²) >= 11 is 0. The Hall–Kier alpha value is -1.09. The Morgan fingerprint density at radius 1 is 1.35 bits per heavy atom. The first kappa shape index (κ1) is 15.3. The Morgan fingerprint density at radius 3 is 2.70 bits per heavy atom. The van der Waals surface area contributed by atoms with E-state index in [1.807, 2.05) is 24.0 Å². The van der Waals surface area contributed by atoms with Crippen molar-refractivity contribution in [2.24, 2.45) is 11.3 Å². The van der Waals surface area contributed by atoms with Crippen LogP contribution in [0.15, 0.2) is 24.3 Å². The van der Waals surface area contributed by atoms with Gasteiger partial charge in [0.1, 0.15) is 5.82 Å². The van der Waals surface area contributed by atoms with Crippen molar-refractivity contribution in [3.05, 3.63) is 30.1 Å². The summed E-state index contributed by atoms with van der Waals surface area (Å²) in [5.74, 6) is 0.0391. The van der Waals surface area contributed by atoms with Gasteiger partial charge in [0.25, 0.3) is 0 Å². The minimum Gasteiger partial charge on any atom is -0.392 e. The van der Waals surface area contributed by atoms with Gasteiger partial charge in [-0.25, -0.2) is 4.39 Å². The maximum Gasteiger partial charge on any atom is 0.146 e. The van der Waals surface area contributed by atoms with Crippen LogP contribution in [0.3, 0.4) is 0 Å². The van der Waals surface area contributed by atoms with E-state index in [2.05, 4.69) is 13.8 Å². The van der Waals surface area contributed by atoms with E-state index in [9.17, 15) is 9.50 Å². The predicted octanol–water partition coefficient (Wildman–Crippen LogP) is 3.84. The SMILES string of the molecule is CCN(CC1CCCC(C)(C)C1O)c1ccccc1F. The van der Waals surface area contributed by atoms with Crippen LogP contribution in [0, 0.1) is 17.2 Å². The number of hydrogen-bond donors (Lipinski definition) is 1. The van der Waals surface area contributed by atoms with Crippen LogP contribution in [0.25, 0.3) is 0 Å². The van der Waals surface area contributed by atoms with Gasteiger partial charge in [0.15, 0.2) is 0 Å². The summed E-state index contributed by atoms with van der Waals surface area (Å²) in [7, 11) is 0. The van der Waals surface area contributed by atoms with E-state index in [0.717, 1.165) is 32.4 Å². The number of aliphatic hydroxyl groups is 1. The van der Waals surface area contributed by atoms with E-state index >= 15 is 0 Å². The maximum atomic E-state index is 13.9. The molecule has 3 heteroatoms. The van der Waals surface area contributed by atoms with E-state index in [4.69, 9.17) is 0 Å². The molecular weight excluding hydrogens is 253 g/mol. The van der Waals surface area contributed by atoms with E-state index in [1.54, 1.807) is 6.07 Å². The molecule has 0 amide bonds. The van der Waals surface area contributed by atoms with Gasteiger partial charge in [-0.2, -0.15) is 0 Å². The van der Waals surface area contributed by atoms with Crippen molar-refractivity contribution in [1.29, 1.82) is 0 Å². The van der Waals surface area contributed by atoms with Gasteiger partial charge in [-0.1, -0.05) is 32.4 Å². The molecule has 1 fully saturated rings. The van der Waals surface area contributed by atoms with Crippen LogP contribution in [-0.2, 0) is 0 Å². The van der Waals surface area contributed by atoms with Gasteiger partial charge in [0.2, 0.25) is 0 Å². The lowest BCUT2D eigenvalue weighted by Crippen LogP contribution is -2.45. The van der Waals surface area contributed by atoms with Crippen molar-refractivity contribution in [2.75, 3.05) is 18.0 Å². The number of aliphatic hydroxyl groups excluding tert-OH is 1. The highest BCUT2D eigenvalue weighted by atomic mass is 19.1. The van der Waals surface area contributed by atoms with Gasteiger partial charge in [0, 0.05) is 19.0 Å². The fraction of sp³-hybridized carbons (Fsp3) is 0.647. The van der Waals surface area contributed by atoms with Crippen LogP contribution in [0.2, 0.25) is 0 Å². The Bertz CT molecular complexity index is 446. The number of anilines is 1. The average molecular weight is 279 g/mol. The Morgan fingerprint density at radius 2 is 2.05 bits per heavy atom. The molecule has 2 atom stereocenters. The van der Waals surface area contributed by atoms with Crippen LogP contribution in [0.5, 0.6) is 0 Å². The molecule has 2 rings (SSSR count). The molecule has 1 aromatic rings. The normalized spacial score (nSPS) is 25.4. The van der Waals surface area contributed by atoms with Gasteiger partial charge < -0.3 is 10.0 Å². The standard InChI is InChI=1S/C17H26FNO/c1-4-19(15-10-6-5-9-14(15)18)12-13-8-7-11-17(2,3)16(13)20/h5-6,9-10,13,16,20H,4,7-8,11-12H2,1-3H3. The molecule has 2 unspecified atom stereocenters. The molecular formula is C17H26FNO. The van der Waals surface area contributed by atoms with Crippen molar-refractivity contribution in [3.8, 4) is 0 Å². The third kappa shape index (κ3) is 3.14. The summed E-state index contributed by atoms with van der Waals surface area (Å²) in [6.45, 7) is 7.77. The molecule has 0 spiro atoms. The van der Waals surface area contributed by atoms with Crippen molar-refractivity contribution in [2.45, 2.75) is 46.1 Å². The van der Waals surface area contributed by atoms with Crippen molar-refractivity contribution < 1.29 is 9.50 Å². The lowest BCUT2D eigenvalue weighted by Gasteiger charge is -2.42. The summed E-state index contributed by atoms with van der Waals surface area (Å²) in [6, 6.07) is 6.89. The molecule has 20 heavy (non-hydrogen) atoms. The van der Waals surface area contributed by atoms with Crippen LogP contribution < -0.4 is 4.90 Å². The third-order valence-corrected chi connectivity index (χ3v) is 4.67. The molecule has 1 aliphatic rings. The minimum atomic E-state index is -0.308. The second-order valence-electron chi connectivity index (χ2n) is 6.58. The number of benzene rings is 1. The number of nitrogens with zero attached hydrogens (tertiary/aromatic N) is 1. The first-order valence-corrected chi connectivity index (χ1v) is 7.63. The third-order valence-electron chi connectivity index (χ3n) is 4.67. The van der Waals surface area contributed by atoms with Gasteiger partial charge in [0.05, 0.1) is 11.8 Å². The van der Waals surface area contributed by atoms with Gasteiger partial charge >= 0.3 is 0 Å². The molecule has 1 aliphatic carbocycles. The Kier molecular flexibility index (Phi) is 4.69. The number of hydrogen-bond acceptors (Lipinski definition) is 2. The largest absolute Gasteiger partial charge is 0.392 e. The second-order valence-corrected chi connectivity index (χ2v) is 6.58. The minimum absolute atomic E-state index is 0.0302. The fourth-order valence-corrected chi connectivity index (χ4v) is 3.34. The predicted molar refractivity (Wildman–Crippen MR) is 81.4 cm³/mol. The van der Waals surface area contributed by atoms with Crippen molar-refractivity contribution >= 4 is 5.69 Å². The lowest BCUT2D eigenvalue weighted by molar-refractivity contribution is -0.0292. The van der Waals surface area contributed by atoms with Crippen LogP contribution in [0.4, 0.5) is 10.1 Å². The second kappa shape index (κ2) is 6.13. The van der Waals surface area contributed by atoms with Gasteiger partial charge in [-0.3, -0.25) is 0 Å². The molecule has 0 aliphatic heterocycles.